The van der Waals surface area contributed by atoms with Crippen LogP contribution in [0.4, 0.5) is 0 Å². The van der Waals surface area contributed by atoms with E-state index in [1.54, 1.807) is 0 Å². The van der Waals surface area contributed by atoms with Gasteiger partial charge in [0.05, 0.1) is 11.1 Å². The second-order valence-corrected chi connectivity index (χ2v) is 8.42. The Labute approximate surface area is 153 Å². The Morgan fingerprint density at radius 3 is 2.58 bits per heavy atom. The predicted octanol–water partition coefficient (Wildman–Crippen LogP) is 6.49. The Morgan fingerprint density at radius 1 is 0.962 bits per heavy atom. The van der Waals surface area contributed by atoms with Crippen molar-refractivity contribution in [3.8, 4) is 11.3 Å². The second kappa shape index (κ2) is 5.20. The fourth-order valence-corrected chi connectivity index (χ4v) is 4.55. The van der Waals surface area contributed by atoms with Gasteiger partial charge in [0.25, 0.3) is 0 Å². The van der Waals surface area contributed by atoms with E-state index in [0.717, 1.165) is 28.7 Å². The van der Waals surface area contributed by atoms with Crippen molar-refractivity contribution in [3.63, 3.8) is 0 Å². The molecule has 2 heteroatoms. The Balaban J connectivity index is 1.94. The first kappa shape index (κ1) is 15.6. The number of benzene rings is 2. The van der Waals surface area contributed by atoms with Crippen molar-refractivity contribution in [3.05, 3.63) is 65.4 Å². The number of hydrogen-bond donors (Lipinski definition) is 0. The van der Waals surface area contributed by atoms with Gasteiger partial charge in [0, 0.05) is 22.6 Å². The van der Waals surface area contributed by atoms with Gasteiger partial charge >= 0.3 is 0 Å². The van der Waals surface area contributed by atoms with Crippen molar-refractivity contribution in [2.75, 3.05) is 0 Å². The lowest BCUT2D eigenvalue weighted by Crippen LogP contribution is -2.20. The van der Waals surface area contributed by atoms with Crippen molar-refractivity contribution in [2.45, 2.75) is 39.5 Å². The molecular weight excluding hydrogens is 318 g/mol. The summed E-state index contributed by atoms with van der Waals surface area (Å²) in [6.45, 7) is 9.20. The number of rotatable bonds is 2. The van der Waals surface area contributed by atoms with E-state index in [9.17, 15) is 0 Å². The molecule has 0 atom stereocenters. The quantitative estimate of drug-likeness (QED) is 0.417. The topological polar surface area (TPSA) is 26.0 Å². The van der Waals surface area contributed by atoms with Gasteiger partial charge in [0.15, 0.2) is 0 Å². The smallest absolute Gasteiger partial charge is 0.139 e. The molecule has 26 heavy (non-hydrogen) atoms. The van der Waals surface area contributed by atoms with Gasteiger partial charge in [-0.2, -0.15) is 0 Å². The molecule has 0 radical (unpaired) electrons. The fourth-order valence-electron chi connectivity index (χ4n) is 4.55. The molecule has 0 aliphatic heterocycles. The van der Waals surface area contributed by atoms with E-state index in [0.29, 0.717) is 5.92 Å². The van der Waals surface area contributed by atoms with Crippen molar-refractivity contribution in [1.29, 1.82) is 0 Å². The summed E-state index contributed by atoms with van der Waals surface area (Å²) in [6.07, 6.45) is 2.96. The third-order valence-electron chi connectivity index (χ3n) is 5.74. The molecule has 2 aromatic carbocycles. The molecule has 5 rings (SSSR count). The van der Waals surface area contributed by atoms with Gasteiger partial charge in [-0.1, -0.05) is 58.0 Å². The zero-order chi connectivity index (χ0) is 18.1. The standard InChI is InChI=1S/C24H23NO/c1-14(2)12-15-8-9-16-18(13-15)24(3,4)17-6-5-7-19-21(17)22-20(26-19)10-11-25-23(16)22/h5-11,13-14H,12H2,1-4H3. The van der Waals surface area contributed by atoms with Crippen LogP contribution >= 0.6 is 0 Å². The van der Waals surface area contributed by atoms with Crippen LogP contribution < -0.4 is 0 Å². The highest BCUT2D eigenvalue weighted by Crippen LogP contribution is 2.49. The van der Waals surface area contributed by atoms with Gasteiger partial charge in [-0.15, -0.1) is 0 Å². The first-order valence-electron chi connectivity index (χ1n) is 9.41. The number of aromatic nitrogens is 1. The summed E-state index contributed by atoms with van der Waals surface area (Å²) in [6, 6.07) is 15.3. The molecule has 0 saturated heterocycles. The summed E-state index contributed by atoms with van der Waals surface area (Å²) in [7, 11) is 0. The lowest BCUT2D eigenvalue weighted by Gasteiger charge is -2.28. The minimum atomic E-state index is -0.112. The summed E-state index contributed by atoms with van der Waals surface area (Å²) < 4.78 is 6.15. The molecule has 130 valence electrons. The van der Waals surface area contributed by atoms with E-state index >= 15 is 0 Å². The normalized spacial score (nSPS) is 15.0. The molecule has 0 N–H and O–H groups in total. The highest BCUT2D eigenvalue weighted by atomic mass is 16.3. The molecule has 0 unspecified atom stereocenters. The maximum Gasteiger partial charge on any atom is 0.139 e. The molecule has 2 nitrogen and oxygen atoms in total. The van der Waals surface area contributed by atoms with Crippen LogP contribution in [0.15, 0.2) is 53.1 Å². The SMILES string of the molecule is CC(C)Cc1ccc2c(c1)C(C)(C)c1cccc3oc4ccnc-2c4c13. The van der Waals surface area contributed by atoms with Gasteiger partial charge in [-0.05, 0) is 41.2 Å². The molecule has 0 bridgehead atoms. The molecule has 0 saturated carbocycles. The van der Waals surface area contributed by atoms with Crippen LogP contribution in [0.2, 0.25) is 0 Å². The van der Waals surface area contributed by atoms with Crippen molar-refractivity contribution < 1.29 is 4.42 Å². The number of furan rings is 1. The van der Waals surface area contributed by atoms with Crippen molar-refractivity contribution >= 4 is 21.9 Å². The summed E-state index contributed by atoms with van der Waals surface area (Å²) in [4.78, 5) is 4.79. The molecule has 1 aliphatic carbocycles. The maximum absolute atomic E-state index is 6.15. The van der Waals surface area contributed by atoms with Gasteiger partial charge < -0.3 is 4.42 Å². The molecule has 0 amide bonds. The zero-order valence-electron chi connectivity index (χ0n) is 15.8. The van der Waals surface area contributed by atoms with Crippen molar-refractivity contribution in [2.24, 2.45) is 5.92 Å². The Hall–Kier alpha value is -2.61. The molecule has 2 heterocycles. The van der Waals surface area contributed by atoms with Crippen LogP contribution in [0.25, 0.3) is 33.2 Å². The first-order valence-corrected chi connectivity index (χ1v) is 9.41. The van der Waals surface area contributed by atoms with E-state index < -0.39 is 0 Å². The van der Waals surface area contributed by atoms with Gasteiger partial charge in [0.2, 0.25) is 0 Å². The number of nitrogens with zero attached hydrogens (tertiary/aromatic N) is 1. The van der Waals surface area contributed by atoms with Gasteiger partial charge in [-0.3, -0.25) is 4.98 Å². The van der Waals surface area contributed by atoms with Gasteiger partial charge in [-0.25, -0.2) is 0 Å². The summed E-state index contributed by atoms with van der Waals surface area (Å²) in [5, 5.41) is 2.37. The Kier molecular flexibility index (Phi) is 3.13. The van der Waals surface area contributed by atoms with Crippen LogP contribution in [-0.2, 0) is 11.8 Å². The van der Waals surface area contributed by atoms with E-state index in [1.165, 1.54) is 27.6 Å². The van der Waals surface area contributed by atoms with E-state index in [4.69, 9.17) is 9.40 Å². The highest BCUT2D eigenvalue weighted by Gasteiger charge is 2.34. The Morgan fingerprint density at radius 2 is 1.77 bits per heavy atom. The predicted molar refractivity (Wildman–Crippen MR) is 108 cm³/mol. The minimum Gasteiger partial charge on any atom is -0.456 e. The maximum atomic E-state index is 6.15. The van der Waals surface area contributed by atoms with Crippen molar-refractivity contribution in [1.82, 2.24) is 4.98 Å². The molecular formula is C24H23NO. The molecule has 1 aliphatic rings. The van der Waals surface area contributed by atoms with Crippen LogP contribution in [0.5, 0.6) is 0 Å². The number of fused-ring (bicyclic) bond motifs is 2. The van der Waals surface area contributed by atoms with E-state index in [-0.39, 0.29) is 5.41 Å². The van der Waals surface area contributed by atoms with Crippen LogP contribution in [0, 0.1) is 5.92 Å². The molecule has 0 spiro atoms. The number of hydrogen-bond acceptors (Lipinski definition) is 2. The zero-order valence-corrected chi connectivity index (χ0v) is 15.8. The van der Waals surface area contributed by atoms with E-state index in [1.807, 2.05) is 12.3 Å². The summed E-state index contributed by atoms with van der Waals surface area (Å²) in [5.74, 6) is 0.644. The molecule has 0 fully saturated rings. The largest absolute Gasteiger partial charge is 0.456 e. The minimum absolute atomic E-state index is 0.112. The third kappa shape index (κ3) is 2.02. The average molecular weight is 341 g/mol. The fraction of sp³-hybridized carbons (Fsp3) is 0.292. The Bertz CT molecular complexity index is 1160. The monoisotopic (exact) mass is 341 g/mol. The summed E-state index contributed by atoms with van der Waals surface area (Å²) in [5.41, 5.74) is 8.12. The van der Waals surface area contributed by atoms with Crippen LogP contribution in [0.1, 0.15) is 44.4 Å². The third-order valence-corrected chi connectivity index (χ3v) is 5.74. The highest BCUT2D eigenvalue weighted by molar-refractivity contribution is 6.14. The lowest BCUT2D eigenvalue weighted by atomic mass is 9.75. The van der Waals surface area contributed by atoms with Crippen LogP contribution in [0.3, 0.4) is 0 Å². The molecule has 2 aromatic heterocycles. The van der Waals surface area contributed by atoms with E-state index in [2.05, 4.69) is 64.1 Å². The average Bonchev–Trinajstić information content (AvgIpc) is 2.96. The first-order chi connectivity index (χ1) is 12.5. The summed E-state index contributed by atoms with van der Waals surface area (Å²) >= 11 is 0. The van der Waals surface area contributed by atoms with Gasteiger partial charge in [0.1, 0.15) is 11.2 Å². The molecule has 4 aromatic rings. The second-order valence-electron chi connectivity index (χ2n) is 8.42. The lowest BCUT2D eigenvalue weighted by molar-refractivity contribution is 0.630. The number of pyridine rings is 1. The van der Waals surface area contributed by atoms with Crippen LogP contribution in [-0.4, -0.2) is 4.98 Å².